The van der Waals surface area contributed by atoms with Crippen LogP contribution in [-0.4, -0.2) is 29.5 Å². The number of rotatable bonds is 6. The minimum atomic E-state index is -1.38. The van der Waals surface area contributed by atoms with Crippen molar-refractivity contribution < 1.29 is 18.7 Å². The van der Waals surface area contributed by atoms with Crippen LogP contribution < -0.4 is 0 Å². The summed E-state index contributed by atoms with van der Waals surface area (Å²) in [5.41, 5.74) is 11.0. The van der Waals surface area contributed by atoms with Gasteiger partial charge in [-0.3, -0.25) is 4.79 Å². The minimum Gasteiger partial charge on any atom is -0.446 e. The first-order chi connectivity index (χ1) is 16.0. The summed E-state index contributed by atoms with van der Waals surface area (Å²) in [5, 5.41) is 4.23. The van der Waals surface area contributed by atoms with Gasteiger partial charge in [-0.05, 0) is 46.5 Å². The molecule has 4 rings (SSSR count). The second kappa shape index (κ2) is 9.73. The van der Waals surface area contributed by atoms with Gasteiger partial charge in [0.25, 0.3) is 0 Å². The molecule has 166 valence electrons. The predicted octanol–water partition coefficient (Wildman–Crippen LogP) is 6.01. The lowest BCUT2D eigenvalue weighted by Gasteiger charge is -2.28. The smallest absolute Gasteiger partial charge is 0.417 e. The van der Waals surface area contributed by atoms with E-state index in [-0.39, 0.29) is 6.61 Å². The van der Waals surface area contributed by atoms with Crippen LogP contribution in [0.2, 0.25) is 5.02 Å². The number of azide groups is 1. The lowest BCUT2D eigenvalue weighted by Crippen LogP contribution is -2.43. The van der Waals surface area contributed by atoms with Crippen molar-refractivity contribution in [1.82, 2.24) is 4.90 Å². The normalized spacial score (nSPS) is 17.1. The molecule has 1 aliphatic heterocycles. The molecule has 0 aliphatic carbocycles. The number of nitrogens with zero attached hydrogens (tertiary/aromatic N) is 4. The summed E-state index contributed by atoms with van der Waals surface area (Å²) >= 11 is 6.02. The Kier molecular flexibility index (Phi) is 6.58. The molecule has 0 radical (unpaired) electrons. The van der Waals surface area contributed by atoms with Gasteiger partial charge in [0, 0.05) is 15.9 Å². The standard InChI is InChI=1S/C24H18ClFN4O3/c25-18-11-9-16(10-12-18)21(17-7-4-8-19(26)13-17)22(28-29-27)23(31)30-20(14-33-24(30)32)15-5-2-1-3-6-15/h1-13,20-22H,14H2/t20?,21-,22-/m0/s1. The summed E-state index contributed by atoms with van der Waals surface area (Å²) in [7, 11) is 0. The van der Waals surface area contributed by atoms with Gasteiger partial charge in [-0.25, -0.2) is 14.1 Å². The van der Waals surface area contributed by atoms with E-state index in [1.54, 1.807) is 54.6 Å². The number of benzene rings is 3. The first kappa shape index (κ1) is 22.3. The molecule has 0 aromatic heterocycles. The zero-order chi connectivity index (χ0) is 23.4. The lowest BCUT2D eigenvalue weighted by molar-refractivity contribution is -0.130. The quantitative estimate of drug-likeness (QED) is 0.254. The van der Waals surface area contributed by atoms with Crippen LogP contribution in [-0.2, 0) is 9.53 Å². The van der Waals surface area contributed by atoms with Crippen LogP contribution in [0.25, 0.3) is 10.4 Å². The number of hydrogen-bond donors (Lipinski definition) is 0. The SMILES string of the molecule is [N-]=[N+]=N[C@H](C(=O)N1C(=O)OCC1c1ccccc1)[C@@H](c1ccc(Cl)cc1)c1cccc(F)c1. The zero-order valence-corrected chi connectivity index (χ0v) is 18.0. The Morgan fingerprint density at radius 2 is 1.82 bits per heavy atom. The molecule has 3 atom stereocenters. The summed E-state index contributed by atoms with van der Waals surface area (Å²) < 4.78 is 19.3. The summed E-state index contributed by atoms with van der Waals surface area (Å²) in [6, 6.07) is 19.1. The maximum atomic E-state index is 14.1. The van der Waals surface area contributed by atoms with Crippen LogP contribution >= 0.6 is 11.6 Å². The van der Waals surface area contributed by atoms with Crippen LogP contribution in [0, 0.1) is 5.82 Å². The van der Waals surface area contributed by atoms with Crippen LogP contribution in [0.4, 0.5) is 9.18 Å². The van der Waals surface area contributed by atoms with Crippen molar-refractivity contribution in [2.75, 3.05) is 6.61 Å². The van der Waals surface area contributed by atoms with Crippen molar-refractivity contribution in [3.05, 3.63) is 117 Å². The highest BCUT2D eigenvalue weighted by Gasteiger charge is 2.44. The third-order valence-corrected chi connectivity index (χ3v) is 5.73. The maximum Gasteiger partial charge on any atom is 0.417 e. The van der Waals surface area contributed by atoms with Crippen LogP contribution in [0.3, 0.4) is 0 Å². The molecule has 0 N–H and O–H groups in total. The summed E-state index contributed by atoms with van der Waals surface area (Å²) in [6.07, 6.45) is -0.832. The molecule has 1 unspecified atom stereocenters. The first-order valence-corrected chi connectivity index (χ1v) is 10.5. The van der Waals surface area contributed by atoms with Crippen molar-refractivity contribution in [2.24, 2.45) is 5.11 Å². The first-order valence-electron chi connectivity index (χ1n) is 10.1. The summed E-state index contributed by atoms with van der Waals surface area (Å²) in [5.74, 6) is -2.12. The molecule has 1 heterocycles. The zero-order valence-electron chi connectivity index (χ0n) is 17.2. The molecule has 0 spiro atoms. The molecular formula is C24H18ClFN4O3. The average molecular weight is 465 g/mol. The van der Waals surface area contributed by atoms with Gasteiger partial charge in [0.15, 0.2) is 0 Å². The average Bonchev–Trinajstić information content (AvgIpc) is 3.21. The summed E-state index contributed by atoms with van der Waals surface area (Å²) in [4.78, 5) is 30.1. The van der Waals surface area contributed by atoms with E-state index in [1.807, 2.05) is 6.07 Å². The molecule has 1 fully saturated rings. The van der Waals surface area contributed by atoms with E-state index >= 15 is 0 Å². The molecule has 0 saturated carbocycles. The molecule has 33 heavy (non-hydrogen) atoms. The second-order valence-electron chi connectivity index (χ2n) is 7.45. The van der Waals surface area contributed by atoms with Crippen LogP contribution in [0.15, 0.2) is 84.0 Å². The lowest BCUT2D eigenvalue weighted by atomic mass is 9.84. The third-order valence-electron chi connectivity index (χ3n) is 5.48. The molecule has 0 bridgehead atoms. The third kappa shape index (κ3) is 4.67. The molecule has 3 aromatic carbocycles. The number of cyclic esters (lactones) is 1. The van der Waals surface area contributed by atoms with Gasteiger partial charge in [-0.2, -0.15) is 0 Å². The molecule has 9 heteroatoms. The van der Waals surface area contributed by atoms with Crippen molar-refractivity contribution in [1.29, 1.82) is 0 Å². The fourth-order valence-corrected chi connectivity index (χ4v) is 4.10. The number of hydrogen-bond acceptors (Lipinski definition) is 4. The van der Waals surface area contributed by atoms with Gasteiger partial charge >= 0.3 is 6.09 Å². The van der Waals surface area contributed by atoms with Gasteiger partial charge in [0.2, 0.25) is 5.91 Å². The Morgan fingerprint density at radius 1 is 1.09 bits per heavy atom. The van der Waals surface area contributed by atoms with E-state index < -0.39 is 35.8 Å². The number of halogens is 2. The van der Waals surface area contributed by atoms with Gasteiger partial charge in [-0.1, -0.05) is 71.3 Å². The Bertz CT molecular complexity index is 1220. The highest BCUT2D eigenvalue weighted by Crippen LogP contribution is 2.36. The van der Waals surface area contributed by atoms with E-state index in [1.165, 1.54) is 18.2 Å². The fourth-order valence-electron chi connectivity index (χ4n) is 3.97. The highest BCUT2D eigenvalue weighted by molar-refractivity contribution is 6.30. The monoisotopic (exact) mass is 464 g/mol. The number of carbonyl (C=O) groups is 2. The highest BCUT2D eigenvalue weighted by atomic mass is 35.5. The summed E-state index contributed by atoms with van der Waals surface area (Å²) in [6.45, 7) is -0.0247. The van der Waals surface area contributed by atoms with Crippen molar-refractivity contribution in [2.45, 2.75) is 18.0 Å². The maximum absolute atomic E-state index is 14.1. The minimum absolute atomic E-state index is 0.0247. The van der Waals surface area contributed by atoms with Gasteiger partial charge in [-0.15, -0.1) is 0 Å². The van der Waals surface area contributed by atoms with Crippen molar-refractivity contribution in [3.8, 4) is 0 Å². The van der Waals surface area contributed by atoms with E-state index in [0.717, 1.165) is 4.90 Å². The topological polar surface area (TPSA) is 95.4 Å². The number of amides is 2. The Morgan fingerprint density at radius 3 is 2.48 bits per heavy atom. The number of carbonyl (C=O) groups excluding carboxylic acids is 2. The number of imide groups is 1. The van der Waals surface area contributed by atoms with Gasteiger partial charge in [0.1, 0.15) is 24.5 Å². The Labute approximate surface area is 194 Å². The molecule has 7 nitrogen and oxygen atoms in total. The Balaban J connectivity index is 1.81. The molecule has 1 saturated heterocycles. The molecule has 1 aliphatic rings. The van der Waals surface area contributed by atoms with E-state index in [0.29, 0.717) is 21.7 Å². The molecule has 2 amide bonds. The largest absolute Gasteiger partial charge is 0.446 e. The van der Waals surface area contributed by atoms with E-state index in [9.17, 15) is 19.5 Å². The van der Waals surface area contributed by atoms with Gasteiger partial charge in [0.05, 0.1) is 0 Å². The number of ether oxygens (including phenoxy) is 1. The van der Waals surface area contributed by atoms with E-state index in [4.69, 9.17) is 16.3 Å². The van der Waals surface area contributed by atoms with E-state index in [2.05, 4.69) is 10.0 Å². The van der Waals surface area contributed by atoms with Crippen LogP contribution in [0.5, 0.6) is 0 Å². The van der Waals surface area contributed by atoms with Crippen LogP contribution in [0.1, 0.15) is 28.7 Å². The predicted molar refractivity (Wildman–Crippen MR) is 120 cm³/mol. The second-order valence-corrected chi connectivity index (χ2v) is 7.88. The van der Waals surface area contributed by atoms with Crippen molar-refractivity contribution >= 4 is 23.6 Å². The van der Waals surface area contributed by atoms with Gasteiger partial charge < -0.3 is 4.74 Å². The molecule has 3 aromatic rings. The fraction of sp³-hybridized carbons (Fsp3) is 0.167. The Hall–Kier alpha value is -3.87. The van der Waals surface area contributed by atoms with Crippen molar-refractivity contribution in [3.63, 3.8) is 0 Å². The molecular weight excluding hydrogens is 447 g/mol.